The van der Waals surface area contributed by atoms with Crippen molar-refractivity contribution in [1.29, 1.82) is 0 Å². The summed E-state index contributed by atoms with van der Waals surface area (Å²) in [6.45, 7) is 3.45. The van der Waals surface area contributed by atoms with E-state index in [0.29, 0.717) is 12.2 Å². The number of nitrogens with zero attached hydrogens (tertiary/aromatic N) is 1. The van der Waals surface area contributed by atoms with Gasteiger partial charge in [-0.05, 0) is 24.6 Å². The highest BCUT2D eigenvalue weighted by Gasteiger charge is 2.11. The zero-order valence-electron chi connectivity index (χ0n) is 11.8. The molecule has 0 atom stereocenters. The molecule has 0 radical (unpaired) electrons. The van der Waals surface area contributed by atoms with Gasteiger partial charge in [0.2, 0.25) is 0 Å². The van der Waals surface area contributed by atoms with Crippen molar-refractivity contribution in [2.24, 2.45) is 0 Å². The average molecular weight is 289 g/mol. The number of pyridine rings is 1. The highest BCUT2D eigenvalue weighted by Crippen LogP contribution is 2.22. The zero-order valence-corrected chi connectivity index (χ0v) is 12.6. The van der Waals surface area contributed by atoms with Gasteiger partial charge in [0.1, 0.15) is 11.5 Å². The van der Waals surface area contributed by atoms with Crippen molar-refractivity contribution in [2.75, 3.05) is 30.4 Å². The molecule has 0 saturated heterocycles. The van der Waals surface area contributed by atoms with E-state index in [1.165, 1.54) is 0 Å². The summed E-state index contributed by atoms with van der Waals surface area (Å²) in [6, 6.07) is 9.79. The molecular formula is C15H19N3OS. The number of benzene rings is 1. The molecule has 0 saturated carbocycles. The molecule has 0 unspecified atom stereocenters. The number of carbonyl (C=O) groups is 1. The minimum Gasteiger partial charge on any atom is -0.370 e. The lowest BCUT2D eigenvalue weighted by Crippen LogP contribution is -2.26. The summed E-state index contributed by atoms with van der Waals surface area (Å²) in [7, 11) is 0. The van der Waals surface area contributed by atoms with Gasteiger partial charge in [-0.2, -0.15) is 11.8 Å². The van der Waals surface area contributed by atoms with Crippen LogP contribution in [0.4, 0.5) is 5.82 Å². The number of amides is 1. The second-order valence-corrected chi connectivity index (χ2v) is 5.34. The second-order valence-electron chi connectivity index (χ2n) is 4.36. The molecule has 2 N–H and O–H groups in total. The van der Waals surface area contributed by atoms with Crippen molar-refractivity contribution in [2.45, 2.75) is 6.92 Å². The standard InChI is InChI=1S/C15H19N3OS/c1-3-16-14-12-7-5-4-6-11(12)10-13(18-14)15(19)17-8-9-20-2/h4-7,10H,3,8-9H2,1-2H3,(H,16,18)(H,17,19). The lowest BCUT2D eigenvalue weighted by atomic mass is 10.1. The normalized spacial score (nSPS) is 10.5. The molecule has 4 nitrogen and oxygen atoms in total. The summed E-state index contributed by atoms with van der Waals surface area (Å²) in [4.78, 5) is 16.5. The minimum absolute atomic E-state index is 0.121. The SMILES string of the molecule is CCNc1nc(C(=O)NCCSC)cc2ccccc12. The molecular weight excluding hydrogens is 270 g/mol. The Morgan fingerprint density at radius 1 is 1.35 bits per heavy atom. The number of aromatic nitrogens is 1. The van der Waals surface area contributed by atoms with Gasteiger partial charge in [-0.1, -0.05) is 24.3 Å². The van der Waals surface area contributed by atoms with Crippen LogP contribution in [0.1, 0.15) is 17.4 Å². The van der Waals surface area contributed by atoms with E-state index in [1.54, 1.807) is 11.8 Å². The molecule has 0 aliphatic rings. The number of rotatable bonds is 6. The van der Waals surface area contributed by atoms with Crippen LogP contribution in [0.2, 0.25) is 0 Å². The van der Waals surface area contributed by atoms with Crippen molar-refractivity contribution in [1.82, 2.24) is 10.3 Å². The Labute approximate surface area is 123 Å². The lowest BCUT2D eigenvalue weighted by Gasteiger charge is -2.10. The van der Waals surface area contributed by atoms with Gasteiger partial charge in [-0.3, -0.25) is 4.79 Å². The second kappa shape index (κ2) is 7.14. The van der Waals surface area contributed by atoms with E-state index in [4.69, 9.17) is 0 Å². The Kier molecular flexibility index (Phi) is 5.24. The Hall–Kier alpha value is -1.75. The number of nitrogens with one attached hydrogen (secondary N) is 2. The first-order chi connectivity index (χ1) is 9.76. The average Bonchev–Trinajstić information content (AvgIpc) is 2.47. The number of hydrogen-bond acceptors (Lipinski definition) is 4. The van der Waals surface area contributed by atoms with Gasteiger partial charge < -0.3 is 10.6 Å². The predicted molar refractivity (Wildman–Crippen MR) is 86.6 cm³/mol. The molecule has 1 amide bonds. The van der Waals surface area contributed by atoms with E-state index in [1.807, 2.05) is 43.5 Å². The number of fused-ring (bicyclic) bond motifs is 1. The molecule has 20 heavy (non-hydrogen) atoms. The van der Waals surface area contributed by atoms with E-state index < -0.39 is 0 Å². The van der Waals surface area contributed by atoms with Gasteiger partial charge >= 0.3 is 0 Å². The van der Waals surface area contributed by atoms with Crippen molar-refractivity contribution in [3.63, 3.8) is 0 Å². The maximum atomic E-state index is 12.1. The van der Waals surface area contributed by atoms with E-state index >= 15 is 0 Å². The summed E-state index contributed by atoms with van der Waals surface area (Å²) in [5, 5.41) is 8.16. The maximum absolute atomic E-state index is 12.1. The third-order valence-electron chi connectivity index (χ3n) is 2.91. The molecule has 1 heterocycles. The molecule has 0 bridgehead atoms. The first-order valence-corrected chi connectivity index (χ1v) is 8.06. The van der Waals surface area contributed by atoms with Crippen LogP contribution in [0.25, 0.3) is 10.8 Å². The van der Waals surface area contributed by atoms with Crippen molar-refractivity contribution in [3.8, 4) is 0 Å². The van der Waals surface area contributed by atoms with Crippen LogP contribution in [0, 0.1) is 0 Å². The van der Waals surface area contributed by atoms with E-state index in [0.717, 1.165) is 28.9 Å². The van der Waals surface area contributed by atoms with Crippen LogP contribution in [0.3, 0.4) is 0 Å². The Bertz CT molecular complexity index is 601. The van der Waals surface area contributed by atoms with Gasteiger partial charge in [-0.15, -0.1) is 0 Å². The molecule has 0 aliphatic carbocycles. The van der Waals surface area contributed by atoms with E-state index in [-0.39, 0.29) is 5.91 Å². The first kappa shape index (κ1) is 14.7. The van der Waals surface area contributed by atoms with Gasteiger partial charge in [0, 0.05) is 24.2 Å². The van der Waals surface area contributed by atoms with E-state index in [9.17, 15) is 4.79 Å². The minimum atomic E-state index is -0.121. The maximum Gasteiger partial charge on any atom is 0.270 e. The predicted octanol–water partition coefficient (Wildman–Crippen LogP) is 2.76. The molecule has 0 spiro atoms. The van der Waals surface area contributed by atoms with Crippen LogP contribution < -0.4 is 10.6 Å². The smallest absolute Gasteiger partial charge is 0.270 e. The fourth-order valence-corrected chi connectivity index (χ4v) is 2.28. The highest BCUT2D eigenvalue weighted by molar-refractivity contribution is 7.98. The molecule has 0 fully saturated rings. The van der Waals surface area contributed by atoms with Crippen LogP contribution in [0.15, 0.2) is 30.3 Å². The number of thioether (sulfide) groups is 1. The van der Waals surface area contributed by atoms with Crippen LogP contribution in [-0.4, -0.2) is 36.0 Å². The third-order valence-corrected chi connectivity index (χ3v) is 3.52. The number of anilines is 1. The Balaban J connectivity index is 2.31. The van der Waals surface area contributed by atoms with Gasteiger partial charge in [0.25, 0.3) is 5.91 Å². The third kappa shape index (κ3) is 3.42. The fourth-order valence-electron chi connectivity index (χ4n) is 1.97. The first-order valence-electron chi connectivity index (χ1n) is 6.67. The number of carbonyl (C=O) groups excluding carboxylic acids is 1. The van der Waals surface area contributed by atoms with Gasteiger partial charge in [0.15, 0.2) is 0 Å². The topological polar surface area (TPSA) is 54.0 Å². The Morgan fingerprint density at radius 3 is 2.90 bits per heavy atom. The highest BCUT2D eigenvalue weighted by atomic mass is 32.2. The Morgan fingerprint density at radius 2 is 2.15 bits per heavy atom. The number of hydrogen-bond donors (Lipinski definition) is 2. The molecule has 1 aromatic heterocycles. The van der Waals surface area contributed by atoms with Crippen LogP contribution >= 0.6 is 11.8 Å². The summed E-state index contributed by atoms with van der Waals surface area (Å²) in [5.41, 5.74) is 0.459. The fraction of sp³-hybridized carbons (Fsp3) is 0.333. The van der Waals surface area contributed by atoms with Gasteiger partial charge in [0.05, 0.1) is 0 Å². The monoisotopic (exact) mass is 289 g/mol. The molecule has 0 aliphatic heterocycles. The summed E-state index contributed by atoms with van der Waals surface area (Å²) < 4.78 is 0. The van der Waals surface area contributed by atoms with E-state index in [2.05, 4.69) is 15.6 Å². The summed E-state index contributed by atoms with van der Waals surface area (Å²) in [6.07, 6.45) is 2.02. The summed E-state index contributed by atoms with van der Waals surface area (Å²) >= 11 is 1.71. The van der Waals surface area contributed by atoms with Crippen molar-refractivity contribution in [3.05, 3.63) is 36.0 Å². The lowest BCUT2D eigenvalue weighted by molar-refractivity contribution is 0.0951. The molecule has 2 rings (SSSR count). The van der Waals surface area contributed by atoms with Crippen LogP contribution in [0.5, 0.6) is 0 Å². The molecule has 1 aromatic carbocycles. The molecule has 106 valence electrons. The zero-order chi connectivity index (χ0) is 14.4. The quantitative estimate of drug-likeness (QED) is 0.803. The summed E-state index contributed by atoms with van der Waals surface area (Å²) in [5.74, 6) is 1.55. The van der Waals surface area contributed by atoms with Crippen molar-refractivity contribution < 1.29 is 4.79 Å². The van der Waals surface area contributed by atoms with Gasteiger partial charge in [-0.25, -0.2) is 4.98 Å². The largest absolute Gasteiger partial charge is 0.370 e. The van der Waals surface area contributed by atoms with Crippen LogP contribution in [-0.2, 0) is 0 Å². The molecule has 2 aromatic rings. The molecule has 5 heteroatoms. The van der Waals surface area contributed by atoms with Crippen molar-refractivity contribution >= 4 is 34.3 Å².